The van der Waals surface area contributed by atoms with Crippen molar-refractivity contribution < 1.29 is 14.3 Å². The van der Waals surface area contributed by atoms with Crippen molar-refractivity contribution in [1.29, 1.82) is 0 Å². The van der Waals surface area contributed by atoms with Crippen molar-refractivity contribution in [2.45, 2.75) is 84.0 Å². The first-order valence-corrected chi connectivity index (χ1v) is 9.02. The van der Waals surface area contributed by atoms with E-state index in [2.05, 4.69) is 12.2 Å². The number of hydrogen-bond donors (Lipinski definition) is 1. The Bertz CT molecular complexity index is 280. The standard InChI is InChI=1S/C18H35NO3/c1-3-4-5-6-7-8-9-10-11-12-13-14-17(20)16-22-18(21)15-19-2/h19H,3-16H2,1-2H3. The Morgan fingerprint density at radius 1 is 0.818 bits per heavy atom. The summed E-state index contributed by atoms with van der Waals surface area (Å²) in [5, 5.41) is 2.70. The van der Waals surface area contributed by atoms with Gasteiger partial charge in [-0.15, -0.1) is 0 Å². The molecule has 0 aliphatic rings. The second kappa shape index (κ2) is 16.5. The molecule has 22 heavy (non-hydrogen) atoms. The first-order chi connectivity index (χ1) is 10.7. The predicted octanol–water partition coefficient (Wildman–Crippen LogP) is 4.02. The first-order valence-electron chi connectivity index (χ1n) is 9.02. The van der Waals surface area contributed by atoms with Crippen LogP contribution in [0.5, 0.6) is 0 Å². The molecule has 130 valence electrons. The van der Waals surface area contributed by atoms with E-state index >= 15 is 0 Å². The minimum atomic E-state index is -0.366. The van der Waals surface area contributed by atoms with Crippen LogP contribution in [0.1, 0.15) is 84.0 Å². The van der Waals surface area contributed by atoms with Crippen molar-refractivity contribution >= 4 is 11.8 Å². The molecular weight excluding hydrogens is 278 g/mol. The van der Waals surface area contributed by atoms with Gasteiger partial charge in [0.05, 0.1) is 6.54 Å². The predicted molar refractivity (Wildman–Crippen MR) is 91.0 cm³/mol. The Morgan fingerprint density at radius 3 is 1.82 bits per heavy atom. The molecule has 0 aromatic carbocycles. The smallest absolute Gasteiger partial charge is 0.320 e. The van der Waals surface area contributed by atoms with Crippen LogP contribution in [0.3, 0.4) is 0 Å². The molecule has 0 rings (SSSR count). The SMILES string of the molecule is CCCCCCCCCCCCCC(=O)COC(=O)CNC. The lowest BCUT2D eigenvalue weighted by Gasteiger charge is -2.04. The summed E-state index contributed by atoms with van der Waals surface area (Å²) in [4.78, 5) is 22.6. The maximum atomic E-state index is 11.5. The highest BCUT2D eigenvalue weighted by Gasteiger charge is 2.06. The van der Waals surface area contributed by atoms with Crippen LogP contribution in [0.2, 0.25) is 0 Å². The topological polar surface area (TPSA) is 55.4 Å². The lowest BCUT2D eigenvalue weighted by atomic mass is 10.0. The monoisotopic (exact) mass is 313 g/mol. The molecule has 0 fully saturated rings. The van der Waals surface area contributed by atoms with Crippen molar-refractivity contribution in [3.63, 3.8) is 0 Å². The average molecular weight is 313 g/mol. The number of hydrogen-bond acceptors (Lipinski definition) is 4. The lowest BCUT2D eigenvalue weighted by Crippen LogP contribution is -2.23. The van der Waals surface area contributed by atoms with Gasteiger partial charge in [-0.05, 0) is 13.5 Å². The Labute approximate surface area is 136 Å². The highest BCUT2D eigenvalue weighted by Crippen LogP contribution is 2.11. The zero-order chi connectivity index (χ0) is 16.5. The first kappa shape index (κ1) is 21.1. The highest BCUT2D eigenvalue weighted by molar-refractivity contribution is 5.82. The number of likely N-dealkylation sites (N-methyl/N-ethyl adjacent to an activating group) is 1. The van der Waals surface area contributed by atoms with E-state index in [0.717, 1.165) is 12.8 Å². The number of carbonyl (C=O) groups excluding carboxylic acids is 2. The Hall–Kier alpha value is -0.900. The number of ketones is 1. The van der Waals surface area contributed by atoms with Gasteiger partial charge in [0, 0.05) is 6.42 Å². The highest BCUT2D eigenvalue weighted by atomic mass is 16.5. The number of nitrogens with one attached hydrogen (secondary N) is 1. The summed E-state index contributed by atoms with van der Waals surface area (Å²) in [6.45, 7) is 2.33. The van der Waals surface area contributed by atoms with Crippen LogP contribution in [-0.4, -0.2) is 32.0 Å². The maximum Gasteiger partial charge on any atom is 0.320 e. The largest absolute Gasteiger partial charge is 0.457 e. The molecule has 0 bridgehead atoms. The van der Waals surface area contributed by atoms with Crippen LogP contribution in [0.15, 0.2) is 0 Å². The summed E-state index contributed by atoms with van der Waals surface area (Å²) in [7, 11) is 1.67. The summed E-state index contributed by atoms with van der Waals surface area (Å²) >= 11 is 0. The van der Waals surface area contributed by atoms with Crippen LogP contribution in [0, 0.1) is 0 Å². The van der Waals surface area contributed by atoms with E-state index < -0.39 is 0 Å². The molecule has 0 aromatic rings. The van der Waals surface area contributed by atoms with E-state index in [1.165, 1.54) is 57.8 Å². The van der Waals surface area contributed by atoms with Crippen molar-refractivity contribution in [3.05, 3.63) is 0 Å². The number of ether oxygens (including phenoxy) is 1. The molecule has 0 atom stereocenters. The van der Waals surface area contributed by atoms with Crippen LogP contribution in [0.4, 0.5) is 0 Å². The fourth-order valence-corrected chi connectivity index (χ4v) is 2.41. The maximum absolute atomic E-state index is 11.5. The Balaban J connectivity index is 3.22. The van der Waals surface area contributed by atoms with Crippen LogP contribution < -0.4 is 5.32 Å². The van der Waals surface area contributed by atoms with Gasteiger partial charge in [-0.25, -0.2) is 0 Å². The lowest BCUT2D eigenvalue weighted by molar-refractivity contribution is -0.147. The van der Waals surface area contributed by atoms with Crippen LogP contribution >= 0.6 is 0 Å². The Morgan fingerprint density at radius 2 is 1.32 bits per heavy atom. The fraction of sp³-hybridized carbons (Fsp3) is 0.889. The summed E-state index contributed by atoms with van der Waals surface area (Å²) in [6, 6.07) is 0. The number of carbonyl (C=O) groups is 2. The molecule has 0 saturated carbocycles. The van der Waals surface area contributed by atoms with Gasteiger partial charge < -0.3 is 10.1 Å². The summed E-state index contributed by atoms with van der Waals surface area (Å²) in [6.07, 6.45) is 14.5. The number of rotatable bonds is 16. The van der Waals surface area contributed by atoms with Gasteiger partial charge in [0.1, 0.15) is 6.61 Å². The molecule has 0 heterocycles. The van der Waals surface area contributed by atoms with E-state index in [9.17, 15) is 9.59 Å². The van der Waals surface area contributed by atoms with E-state index in [-0.39, 0.29) is 24.9 Å². The van der Waals surface area contributed by atoms with Gasteiger partial charge in [-0.3, -0.25) is 9.59 Å². The molecule has 0 amide bonds. The minimum absolute atomic E-state index is 0.0281. The molecule has 4 heteroatoms. The van der Waals surface area contributed by atoms with Crippen LogP contribution in [0.25, 0.3) is 0 Å². The third-order valence-corrected chi connectivity index (χ3v) is 3.77. The molecule has 4 nitrogen and oxygen atoms in total. The van der Waals surface area contributed by atoms with E-state index in [4.69, 9.17) is 4.74 Å². The van der Waals surface area contributed by atoms with E-state index in [1.54, 1.807) is 7.05 Å². The summed E-state index contributed by atoms with van der Waals surface area (Å²) in [5.41, 5.74) is 0. The van der Waals surface area contributed by atoms with Gasteiger partial charge in [-0.1, -0.05) is 71.1 Å². The molecule has 0 aliphatic carbocycles. The number of unbranched alkanes of at least 4 members (excludes halogenated alkanes) is 10. The van der Waals surface area contributed by atoms with Gasteiger partial charge >= 0.3 is 5.97 Å². The number of Topliss-reactive ketones (excluding diaryl/α,β-unsaturated/α-hetero) is 1. The quantitative estimate of drug-likeness (QED) is 0.345. The second-order valence-electron chi connectivity index (χ2n) is 6.02. The van der Waals surface area contributed by atoms with E-state index in [0.29, 0.717) is 6.42 Å². The van der Waals surface area contributed by atoms with Crippen molar-refractivity contribution in [1.82, 2.24) is 5.32 Å². The average Bonchev–Trinajstić information content (AvgIpc) is 2.51. The third kappa shape index (κ3) is 15.5. The second-order valence-corrected chi connectivity index (χ2v) is 6.02. The normalized spacial score (nSPS) is 10.6. The minimum Gasteiger partial charge on any atom is -0.457 e. The van der Waals surface area contributed by atoms with Gasteiger partial charge in [-0.2, -0.15) is 0 Å². The summed E-state index contributed by atoms with van der Waals surface area (Å²) in [5.74, 6) is -0.338. The fourth-order valence-electron chi connectivity index (χ4n) is 2.41. The van der Waals surface area contributed by atoms with Crippen molar-refractivity contribution in [2.75, 3.05) is 20.2 Å². The zero-order valence-electron chi connectivity index (χ0n) is 14.6. The summed E-state index contributed by atoms with van der Waals surface area (Å²) < 4.78 is 4.84. The Kier molecular flexibility index (Phi) is 15.8. The molecule has 0 saturated heterocycles. The molecule has 0 unspecified atom stereocenters. The van der Waals surface area contributed by atoms with Gasteiger partial charge in [0.2, 0.25) is 0 Å². The third-order valence-electron chi connectivity index (χ3n) is 3.77. The molecule has 1 N–H and O–H groups in total. The molecule has 0 spiro atoms. The molecular formula is C18H35NO3. The van der Waals surface area contributed by atoms with E-state index in [1.807, 2.05) is 0 Å². The zero-order valence-corrected chi connectivity index (χ0v) is 14.6. The van der Waals surface area contributed by atoms with Gasteiger partial charge in [0.15, 0.2) is 5.78 Å². The van der Waals surface area contributed by atoms with Crippen molar-refractivity contribution in [3.8, 4) is 0 Å². The number of esters is 1. The molecule has 0 aromatic heterocycles. The van der Waals surface area contributed by atoms with Gasteiger partial charge in [0.25, 0.3) is 0 Å². The molecule has 0 aliphatic heterocycles. The van der Waals surface area contributed by atoms with Crippen LogP contribution in [-0.2, 0) is 14.3 Å². The molecule has 0 radical (unpaired) electrons. The van der Waals surface area contributed by atoms with Crippen molar-refractivity contribution in [2.24, 2.45) is 0 Å².